The van der Waals surface area contributed by atoms with Crippen molar-refractivity contribution in [1.82, 2.24) is 14.7 Å². The number of amides is 1. The summed E-state index contributed by atoms with van der Waals surface area (Å²) in [4.78, 5) is 16.1. The van der Waals surface area contributed by atoms with E-state index in [1.54, 1.807) is 16.7 Å². The predicted octanol–water partition coefficient (Wildman–Crippen LogP) is 2.54. The fourth-order valence-corrected chi connectivity index (χ4v) is 2.00. The monoisotopic (exact) mass is 287 g/mol. The van der Waals surface area contributed by atoms with Crippen LogP contribution in [0.15, 0.2) is 48.8 Å². The molecule has 0 fully saturated rings. The van der Waals surface area contributed by atoms with E-state index in [9.17, 15) is 13.6 Å². The van der Waals surface area contributed by atoms with Crippen molar-refractivity contribution >= 4 is 11.6 Å². The minimum absolute atomic E-state index is 0.179. The Kier molecular flexibility index (Phi) is 3.35. The van der Waals surface area contributed by atoms with Gasteiger partial charge in [-0.25, -0.2) is 13.8 Å². The molecular formula is C15H11F2N3O. The molecule has 0 saturated heterocycles. The molecule has 106 valence electrons. The molecule has 0 unspecified atom stereocenters. The van der Waals surface area contributed by atoms with E-state index < -0.39 is 11.7 Å². The van der Waals surface area contributed by atoms with Gasteiger partial charge in [0, 0.05) is 18.0 Å². The Balaban J connectivity index is 1.72. The SMILES string of the molecule is O=C(NCc1cn2cc(F)ccc2n1)c1cccc(F)c1. The maximum absolute atomic E-state index is 13.1. The molecule has 1 aromatic carbocycles. The van der Waals surface area contributed by atoms with Gasteiger partial charge in [0.2, 0.25) is 0 Å². The Morgan fingerprint density at radius 1 is 1.14 bits per heavy atom. The van der Waals surface area contributed by atoms with Crippen molar-refractivity contribution in [2.24, 2.45) is 0 Å². The summed E-state index contributed by atoms with van der Waals surface area (Å²) in [6.07, 6.45) is 2.94. The minimum atomic E-state index is -0.467. The number of aromatic nitrogens is 2. The summed E-state index contributed by atoms with van der Waals surface area (Å²) in [5.41, 5.74) is 1.42. The number of hydrogen-bond acceptors (Lipinski definition) is 2. The van der Waals surface area contributed by atoms with Crippen molar-refractivity contribution < 1.29 is 13.6 Å². The van der Waals surface area contributed by atoms with Gasteiger partial charge in [-0.3, -0.25) is 4.79 Å². The van der Waals surface area contributed by atoms with Gasteiger partial charge in [0.15, 0.2) is 0 Å². The Morgan fingerprint density at radius 3 is 2.81 bits per heavy atom. The van der Waals surface area contributed by atoms with Crippen molar-refractivity contribution in [2.45, 2.75) is 6.54 Å². The van der Waals surface area contributed by atoms with E-state index in [0.29, 0.717) is 11.3 Å². The standard InChI is InChI=1S/C15H11F2N3O/c16-11-3-1-2-10(6-11)15(21)18-7-13-9-20-8-12(17)4-5-14(20)19-13/h1-6,8-9H,7H2,(H,18,21). The van der Waals surface area contributed by atoms with Gasteiger partial charge < -0.3 is 9.72 Å². The van der Waals surface area contributed by atoms with Crippen LogP contribution in [0.4, 0.5) is 8.78 Å². The number of hydrogen-bond donors (Lipinski definition) is 1. The zero-order valence-corrected chi connectivity index (χ0v) is 10.9. The molecule has 4 nitrogen and oxygen atoms in total. The van der Waals surface area contributed by atoms with Crippen LogP contribution in [0.5, 0.6) is 0 Å². The highest BCUT2D eigenvalue weighted by molar-refractivity contribution is 5.94. The van der Waals surface area contributed by atoms with Crippen LogP contribution in [0, 0.1) is 11.6 Å². The van der Waals surface area contributed by atoms with Crippen molar-refractivity contribution in [3.05, 3.63) is 71.7 Å². The molecule has 0 atom stereocenters. The maximum Gasteiger partial charge on any atom is 0.251 e. The van der Waals surface area contributed by atoms with Crippen LogP contribution in [-0.2, 0) is 6.54 Å². The summed E-state index contributed by atoms with van der Waals surface area (Å²) >= 11 is 0. The van der Waals surface area contributed by atoms with Gasteiger partial charge >= 0.3 is 0 Å². The topological polar surface area (TPSA) is 46.4 Å². The number of rotatable bonds is 3. The summed E-state index contributed by atoms with van der Waals surface area (Å²) in [7, 11) is 0. The molecule has 0 radical (unpaired) electrons. The maximum atomic E-state index is 13.1. The lowest BCUT2D eigenvalue weighted by Crippen LogP contribution is -2.23. The molecule has 2 aromatic heterocycles. The number of imidazole rings is 1. The Hall–Kier alpha value is -2.76. The normalized spacial score (nSPS) is 10.8. The van der Waals surface area contributed by atoms with Gasteiger partial charge in [-0.2, -0.15) is 0 Å². The van der Waals surface area contributed by atoms with E-state index in [1.165, 1.54) is 30.5 Å². The quantitative estimate of drug-likeness (QED) is 0.804. The number of benzene rings is 1. The van der Waals surface area contributed by atoms with Crippen molar-refractivity contribution in [3.8, 4) is 0 Å². The van der Waals surface area contributed by atoms with E-state index in [0.717, 1.165) is 6.07 Å². The first-order valence-electron chi connectivity index (χ1n) is 6.29. The molecule has 1 amide bonds. The third kappa shape index (κ3) is 2.89. The van der Waals surface area contributed by atoms with E-state index in [2.05, 4.69) is 10.3 Å². The molecule has 0 bridgehead atoms. The molecule has 0 saturated carbocycles. The van der Waals surface area contributed by atoms with Gasteiger partial charge in [-0.1, -0.05) is 6.07 Å². The molecular weight excluding hydrogens is 276 g/mol. The number of halogens is 2. The Morgan fingerprint density at radius 2 is 2.00 bits per heavy atom. The van der Waals surface area contributed by atoms with E-state index in [-0.39, 0.29) is 17.9 Å². The summed E-state index contributed by atoms with van der Waals surface area (Å²) in [5, 5.41) is 2.64. The summed E-state index contributed by atoms with van der Waals surface area (Å²) in [5.74, 6) is -1.22. The lowest BCUT2D eigenvalue weighted by atomic mass is 10.2. The summed E-state index contributed by atoms with van der Waals surface area (Å²) < 4.78 is 27.6. The number of pyridine rings is 1. The average Bonchev–Trinajstić information content (AvgIpc) is 2.86. The molecule has 2 heterocycles. The number of carbonyl (C=O) groups excluding carboxylic acids is 1. The molecule has 21 heavy (non-hydrogen) atoms. The second kappa shape index (κ2) is 5.32. The molecule has 0 aliphatic carbocycles. The largest absolute Gasteiger partial charge is 0.346 e. The molecule has 6 heteroatoms. The number of nitrogens with one attached hydrogen (secondary N) is 1. The van der Waals surface area contributed by atoms with Crippen LogP contribution in [0.1, 0.15) is 16.1 Å². The zero-order valence-electron chi connectivity index (χ0n) is 10.9. The fraction of sp³-hybridized carbons (Fsp3) is 0.0667. The Bertz CT molecular complexity index is 814. The van der Waals surface area contributed by atoms with Crippen molar-refractivity contribution in [1.29, 1.82) is 0 Å². The first-order chi connectivity index (χ1) is 10.1. The average molecular weight is 287 g/mol. The van der Waals surface area contributed by atoms with Gasteiger partial charge in [0.1, 0.15) is 17.3 Å². The zero-order chi connectivity index (χ0) is 14.8. The first-order valence-corrected chi connectivity index (χ1v) is 6.29. The van der Waals surface area contributed by atoms with Gasteiger partial charge in [0.25, 0.3) is 5.91 Å². The van der Waals surface area contributed by atoms with Gasteiger partial charge in [-0.05, 0) is 30.3 Å². The van der Waals surface area contributed by atoms with E-state index >= 15 is 0 Å². The number of carbonyl (C=O) groups is 1. The highest BCUT2D eigenvalue weighted by Crippen LogP contribution is 2.08. The predicted molar refractivity (Wildman–Crippen MR) is 72.7 cm³/mol. The highest BCUT2D eigenvalue weighted by atomic mass is 19.1. The summed E-state index contributed by atoms with van der Waals surface area (Å²) in [6.45, 7) is 0.179. The number of fused-ring (bicyclic) bond motifs is 1. The Labute approximate surface area is 119 Å². The molecule has 3 aromatic rings. The van der Waals surface area contributed by atoms with Crippen LogP contribution >= 0.6 is 0 Å². The molecule has 0 aliphatic heterocycles. The van der Waals surface area contributed by atoms with Gasteiger partial charge in [-0.15, -0.1) is 0 Å². The lowest BCUT2D eigenvalue weighted by Gasteiger charge is -2.02. The lowest BCUT2D eigenvalue weighted by molar-refractivity contribution is 0.0950. The van der Waals surface area contributed by atoms with Crippen LogP contribution in [0.25, 0.3) is 5.65 Å². The van der Waals surface area contributed by atoms with Crippen LogP contribution < -0.4 is 5.32 Å². The third-order valence-electron chi connectivity index (χ3n) is 2.98. The van der Waals surface area contributed by atoms with E-state index in [4.69, 9.17) is 0 Å². The smallest absolute Gasteiger partial charge is 0.251 e. The number of nitrogens with zero attached hydrogens (tertiary/aromatic N) is 2. The second-order valence-electron chi connectivity index (χ2n) is 4.54. The molecule has 0 spiro atoms. The van der Waals surface area contributed by atoms with Crippen LogP contribution in [0.3, 0.4) is 0 Å². The van der Waals surface area contributed by atoms with Crippen LogP contribution in [-0.4, -0.2) is 15.3 Å². The third-order valence-corrected chi connectivity index (χ3v) is 2.98. The molecule has 0 aliphatic rings. The van der Waals surface area contributed by atoms with E-state index in [1.807, 2.05) is 0 Å². The summed E-state index contributed by atoms with van der Waals surface area (Å²) in [6, 6.07) is 8.29. The molecule has 1 N–H and O–H groups in total. The highest BCUT2D eigenvalue weighted by Gasteiger charge is 2.08. The van der Waals surface area contributed by atoms with Crippen molar-refractivity contribution in [3.63, 3.8) is 0 Å². The van der Waals surface area contributed by atoms with Gasteiger partial charge in [0.05, 0.1) is 12.2 Å². The second-order valence-corrected chi connectivity index (χ2v) is 4.54. The minimum Gasteiger partial charge on any atom is -0.346 e. The molecule has 3 rings (SSSR count). The van der Waals surface area contributed by atoms with Crippen LogP contribution in [0.2, 0.25) is 0 Å². The van der Waals surface area contributed by atoms with Crippen molar-refractivity contribution in [2.75, 3.05) is 0 Å². The fourth-order valence-electron chi connectivity index (χ4n) is 2.00. The first kappa shape index (κ1) is 13.2.